The first-order valence-corrected chi connectivity index (χ1v) is 9.84. The van der Waals surface area contributed by atoms with Crippen molar-refractivity contribution in [2.45, 2.75) is 46.3 Å². The Kier molecular flexibility index (Phi) is 11.3. The molecule has 0 aliphatic rings. The molecular formula is C19H28FIN4OS. The van der Waals surface area contributed by atoms with E-state index in [9.17, 15) is 4.39 Å². The van der Waals surface area contributed by atoms with Crippen LogP contribution >= 0.6 is 35.3 Å². The molecule has 0 spiro atoms. The number of nitrogens with zero attached hydrogens (tertiary/aromatic N) is 2. The number of hydrogen-bond acceptors (Lipinski definition) is 4. The van der Waals surface area contributed by atoms with E-state index in [1.807, 2.05) is 20.0 Å². The van der Waals surface area contributed by atoms with E-state index in [-0.39, 0.29) is 41.6 Å². The first-order valence-electron chi connectivity index (χ1n) is 9.03. The van der Waals surface area contributed by atoms with Gasteiger partial charge >= 0.3 is 0 Å². The average Bonchev–Trinajstić information content (AvgIpc) is 3.12. The van der Waals surface area contributed by atoms with E-state index >= 15 is 0 Å². The summed E-state index contributed by atoms with van der Waals surface area (Å²) in [5, 5.41) is 7.48. The molecule has 1 heterocycles. The zero-order valence-electron chi connectivity index (χ0n) is 16.0. The lowest BCUT2D eigenvalue weighted by Gasteiger charge is -2.20. The van der Waals surface area contributed by atoms with E-state index in [1.54, 1.807) is 29.5 Å². The molecule has 0 saturated heterocycles. The normalized spacial score (nSPS) is 12.2. The van der Waals surface area contributed by atoms with E-state index in [2.05, 4.69) is 27.5 Å². The predicted molar refractivity (Wildman–Crippen MR) is 121 cm³/mol. The molecule has 0 aliphatic carbocycles. The molecule has 5 nitrogen and oxygen atoms in total. The number of ether oxygens (including phenoxy) is 1. The summed E-state index contributed by atoms with van der Waals surface area (Å²) in [5.41, 5.74) is 0. The summed E-state index contributed by atoms with van der Waals surface area (Å²) in [4.78, 5) is 10.2. The summed E-state index contributed by atoms with van der Waals surface area (Å²) < 4.78 is 19.5. The number of aryl methyl sites for hydroxylation is 1. The Labute approximate surface area is 181 Å². The first-order chi connectivity index (χ1) is 12.7. The van der Waals surface area contributed by atoms with Crippen LogP contribution in [0.2, 0.25) is 0 Å². The van der Waals surface area contributed by atoms with Gasteiger partial charge in [0.1, 0.15) is 11.1 Å². The van der Waals surface area contributed by atoms with Crippen molar-refractivity contribution in [3.63, 3.8) is 0 Å². The van der Waals surface area contributed by atoms with Crippen LogP contribution in [0.3, 0.4) is 0 Å². The van der Waals surface area contributed by atoms with Gasteiger partial charge in [-0.3, -0.25) is 0 Å². The van der Waals surface area contributed by atoms with Crippen LogP contribution in [-0.2, 0) is 13.0 Å². The summed E-state index contributed by atoms with van der Waals surface area (Å²) in [7, 11) is 0. The number of rotatable bonds is 9. The molecule has 1 aromatic carbocycles. The summed E-state index contributed by atoms with van der Waals surface area (Å²) in [6, 6.07) is 6.47. The summed E-state index contributed by atoms with van der Waals surface area (Å²) in [5.74, 6) is 0.635. The molecule has 1 aromatic heterocycles. The fraction of sp³-hybridized carbons (Fsp3) is 0.474. The second-order valence-corrected chi connectivity index (χ2v) is 6.93. The molecule has 1 unspecified atom stereocenters. The monoisotopic (exact) mass is 506 g/mol. The lowest BCUT2D eigenvalue weighted by molar-refractivity contribution is 0.191. The Bertz CT molecular complexity index is 711. The molecule has 0 bridgehead atoms. The van der Waals surface area contributed by atoms with Crippen LogP contribution in [-0.4, -0.2) is 30.1 Å². The van der Waals surface area contributed by atoms with Crippen LogP contribution in [0.4, 0.5) is 4.39 Å². The van der Waals surface area contributed by atoms with Crippen LogP contribution in [0.5, 0.6) is 5.75 Å². The molecule has 27 heavy (non-hydrogen) atoms. The fourth-order valence-electron chi connectivity index (χ4n) is 2.27. The van der Waals surface area contributed by atoms with E-state index in [1.165, 1.54) is 10.9 Å². The maximum atomic E-state index is 13.8. The third-order valence-electron chi connectivity index (χ3n) is 3.75. The van der Waals surface area contributed by atoms with Crippen LogP contribution < -0.4 is 15.4 Å². The highest BCUT2D eigenvalue weighted by atomic mass is 127. The number of nitrogens with one attached hydrogen (secondary N) is 2. The molecular weight excluding hydrogens is 478 g/mol. The highest BCUT2D eigenvalue weighted by Gasteiger charge is 2.12. The second kappa shape index (κ2) is 12.9. The van der Waals surface area contributed by atoms with Crippen LogP contribution in [0, 0.1) is 5.82 Å². The Balaban J connectivity index is 0.00000364. The molecule has 2 aromatic rings. The molecule has 0 fully saturated rings. The average molecular weight is 506 g/mol. The highest BCUT2D eigenvalue weighted by molar-refractivity contribution is 14.0. The van der Waals surface area contributed by atoms with Crippen LogP contribution in [0.15, 0.2) is 35.5 Å². The molecule has 0 amide bonds. The van der Waals surface area contributed by atoms with Crippen molar-refractivity contribution in [3.05, 3.63) is 46.2 Å². The van der Waals surface area contributed by atoms with Crippen molar-refractivity contribution in [2.75, 3.05) is 13.1 Å². The van der Waals surface area contributed by atoms with Gasteiger partial charge < -0.3 is 15.4 Å². The number of guanidine groups is 1. The molecule has 8 heteroatoms. The minimum Gasteiger partial charge on any atom is -0.486 e. The maximum absolute atomic E-state index is 13.8. The molecule has 0 saturated carbocycles. The molecule has 2 rings (SSSR count). The SMILES string of the molecule is CCNC(=NCc1ncc(CC)s1)NCC(CC)Oc1ccccc1F.I. The second-order valence-electron chi connectivity index (χ2n) is 5.73. The van der Waals surface area contributed by atoms with Gasteiger partial charge in [0, 0.05) is 17.6 Å². The number of halogens is 2. The van der Waals surface area contributed by atoms with Gasteiger partial charge in [-0.05, 0) is 31.9 Å². The van der Waals surface area contributed by atoms with Crippen molar-refractivity contribution in [1.29, 1.82) is 0 Å². The van der Waals surface area contributed by atoms with E-state index in [4.69, 9.17) is 4.74 Å². The molecule has 150 valence electrons. The first kappa shape index (κ1) is 23.6. The van der Waals surface area contributed by atoms with E-state index < -0.39 is 0 Å². The minimum absolute atomic E-state index is 0. The molecule has 2 N–H and O–H groups in total. The van der Waals surface area contributed by atoms with Crippen molar-refractivity contribution in [3.8, 4) is 5.75 Å². The van der Waals surface area contributed by atoms with Gasteiger partial charge in [0.2, 0.25) is 0 Å². The summed E-state index contributed by atoms with van der Waals surface area (Å²) in [6.07, 6.45) is 3.51. The van der Waals surface area contributed by atoms with Crippen LogP contribution in [0.1, 0.15) is 37.1 Å². The standard InChI is InChI=1S/C19H27FN4OS.HI/c1-4-14(25-17-10-8-7-9-16(17)20)11-23-19(21-6-3)24-13-18-22-12-15(5-2)26-18;/h7-10,12,14H,4-6,11,13H2,1-3H3,(H2,21,23,24);1H. The fourth-order valence-corrected chi connectivity index (χ4v) is 3.06. The predicted octanol–water partition coefficient (Wildman–Crippen LogP) is 4.38. The Morgan fingerprint density at radius 1 is 1.26 bits per heavy atom. The Morgan fingerprint density at radius 3 is 2.67 bits per heavy atom. The van der Waals surface area contributed by atoms with Crippen molar-refractivity contribution in [2.24, 2.45) is 4.99 Å². The molecule has 0 radical (unpaired) electrons. The largest absolute Gasteiger partial charge is 0.486 e. The number of thiazole rings is 1. The Hall–Kier alpha value is -1.42. The Morgan fingerprint density at radius 2 is 2.04 bits per heavy atom. The quantitative estimate of drug-likeness (QED) is 0.301. The number of para-hydroxylation sites is 1. The third kappa shape index (κ3) is 8.00. The zero-order chi connectivity index (χ0) is 18.8. The highest BCUT2D eigenvalue weighted by Crippen LogP contribution is 2.18. The van der Waals surface area contributed by atoms with Gasteiger partial charge in [-0.2, -0.15) is 0 Å². The number of benzene rings is 1. The molecule has 1 atom stereocenters. The van der Waals surface area contributed by atoms with E-state index in [0.717, 1.165) is 24.4 Å². The van der Waals surface area contributed by atoms with Gasteiger partial charge in [-0.1, -0.05) is 26.0 Å². The van der Waals surface area contributed by atoms with Crippen molar-refractivity contribution >= 4 is 41.3 Å². The summed E-state index contributed by atoms with van der Waals surface area (Å²) in [6.45, 7) is 7.98. The smallest absolute Gasteiger partial charge is 0.191 e. The maximum Gasteiger partial charge on any atom is 0.191 e. The lowest BCUT2D eigenvalue weighted by atomic mass is 10.2. The lowest BCUT2D eigenvalue weighted by Crippen LogP contribution is -2.42. The van der Waals surface area contributed by atoms with Crippen molar-refractivity contribution < 1.29 is 9.13 Å². The number of aliphatic imine (C=N–C) groups is 1. The third-order valence-corrected chi connectivity index (χ3v) is 4.88. The summed E-state index contributed by atoms with van der Waals surface area (Å²) >= 11 is 1.69. The van der Waals surface area contributed by atoms with Gasteiger partial charge in [0.15, 0.2) is 17.5 Å². The molecule has 0 aliphatic heterocycles. The van der Waals surface area contributed by atoms with Gasteiger partial charge in [0.25, 0.3) is 0 Å². The van der Waals surface area contributed by atoms with Gasteiger partial charge in [-0.25, -0.2) is 14.4 Å². The van der Waals surface area contributed by atoms with Crippen molar-refractivity contribution in [1.82, 2.24) is 15.6 Å². The van der Waals surface area contributed by atoms with Gasteiger partial charge in [-0.15, -0.1) is 35.3 Å². The van der Waals surface area contributed by atoms with Gasteiger partial charge in [0.05, 0.1) is 13.1 Å². The minimum atomic E-state index is -0.345. The number of hydrogen-bond donors (Lipinski definition) is 2. The van der Waals surface area contributed by atoms with Crippen LogP contribution in [0.25, 0.3) is 0 Å². The van der Waals surface area contributed by atoms with E-state index in [0.29, 0.717) is 19.0 Å². The zero-order valence-corrected chi connectivity index (χ0v) is 19.1. The topological polar surface area (TPSA) is 58.5 Å². The number of aromatic nitrogens is 1.